The number of fused-ring (bicyclic) bond motifs is 4. The van der Waals surface area contributed by atoms with Gasteiger partial charge in [-0.25, -0.2) is 34.0 Å². The second-order valence-electron chi connectivity index (χ2n) is 35.0. The molecule has 12 aromatic rings. The van der Waals surface area contributed by atoms with Gasteiger partial charge in [-0.15, -0.1) is 0 Å². The normalized spacial score (nSPS) is 14.0. The molecule has 1 radical (unpaired) electrons. The fraction of sp³-hybridized carbons (Fsp3) is 0.411. The number of carbonyl (C=O) groups excluding carboxylic acids is 1. The zero-order valence-corrected chi connectivity index (χ0v) is 88.2. The summed E-state index contributed by atoms with van der Waals surface area (Å²) in [5.41, 5.74) is 8.73. The Labute approximate surface area is 787 Å². The average molecular weight is 1900 g/mol. The SMILES string of the molecule is C.CC(C)[Si](C(C)C)(C(C)C)n1cc(-c2ncnc3c2ccn3COCC[Si](C)(C)C)c2ccc(F)cc21.CC(C)[Si](C(C)C)(C(C)C)n1cc(B2OC(C)(C)C(C)(C)O2)c2ccc(F)cc21.C[Si](C)(C)CCOCn1ccc2c(Cl)ncnc21.O=[C-]OO.[Na+].[Na].[Pd].c1ccc([P-]P(c2ccccc2)P(Pc2ccccc2)c2ccccc2)cc1. The van der Waals surface area contributed by atoms with Gasteiger partial charge in [-0.2, -0.15) is 12.6 Å². The molecule has 0 bridgehead atoms. The van der Waals surface area contributed by atoms with Crippen molar-refractivity contribution in [1.82, 2.24) is 37.5 Å². The number of benzene rings is 6. The van der Waals surface area contributed by atoms with E-state index in [1.165, 1.54) is 41.9 Å². The maximum absolute atomic E-state index is 14.7. The molecule has 13 rings (SSSR count). The van der Waals surface area contributed by atoms with E-state index in [1.807, 2.05) is 35.2 Å². The Morgan fingerprint density at radius 3 is 1.41 bits per heavy atom. The van der Waals surface area contributed by atoms with Crippen molar-refractivity contribution in [3.63, 3.8) is 0 Å². The third-order valence-electron chi connectivity index (χ3n) is 22.4. The monoisotopic (exact) mass is 1900 g/mol. The van der Waals surface area contributed by atoms with Crippen LogP contribution in [0.1, 0.15) is 118 Å². The summed E-state index contributed by atoms with van der Waals surface area (Å²) in [7, 11) is -5.18. The first-order chi connectivity index (χ1) is 54.9. The van der Waals surface area contributed by atoms with E-state index in [-0.39, 0.29) is 113 Å². The largest absolute Gasteiger partial charge is 1.00 e. The summed E-state index contributed by atoms with van der Waals surface area (Å²) in [5.74, 6) is -0.400. The van der Waals surface area contributed by atoms with Gasteiger partial charge in [0.05, 0.1) is 22.3 Å². The standard InChI is InChI=1S/C29H43FN4OSi2.C24H21P4.C23H37BFNO2Si.C12H18ClN3OSi.CHO3.CH4.2Na.Pd/c1-20(2)37(21(3)4,22(5)6)34-17-26(24-11-10-23(30)16-27(24)34)28-25-12-13-33(29(25)32-18-31-28)19-35-14-15-36(7,8)9;1-5-13-21(14-6-1)25-27(23-17-9-3-10-18-23)28(24-19-11-4-12-20-24)26-22-15-7-2-8-16-22;1-15(2)29(16(3)4,17(5)6)26-14-20(19-12-11-18(25)13-21(19)26)24-27-22(7,8)23(9,10)28-24;1-18(2,3)7-6-17-9-16-5-4-10-11(13)14-8-15-12(10)16;2-1-4-3;;;;/h10-13,16-18,20-22H,14-15,19H2,1-9H3;1-20,25H;11-17H,1-10H3;4-5,8H,6-7,9H2,1-3H3;3H;1H4;;;/q;-1;;;-1;;;+1;. The van der Waals surface area contributed by atoms with E-state index in [2.05, 4.69) is 323 Å². The molecule has 3 unspecified atom stereocenters. The molecule has 1 aliphatic heterocycles. The number of aromatic nitrogens is 8. The Hall–Kier alpha value is -3.63. The van der Waals surface area contributed by atoms with E-state index in [0.29, 0.717) is 51.9 Å². The van der Waals surface area contributed by atoms with Gasteiger partial charge in [0.25, 0.3) is 0 Å². The minimum Gasteiger partial charge on any atom is -0.509 e. The van der Waals surface area contributed by atoms with Crippen molar-refractivity contribution in [1.29, 1.82) is 0 Å². The third kappa shape index (κ3) is 26.3. The van der Waals surface area contributed by atoms with Crippen molar-refractivity contribution >= 4 is 189 Å². The summed E-state index contributed by atoms with van der Waals surface area (Å²) in [6.07, 6.45) is 11.6. The molecule has 0 amide bonds. The molecule has 1 fully saturated rings. The molecule has 7 heterocycles. The van der Waals surface area contributed by atoms with Crippen molar-refractivity contribution in [2.75, 3.05) is 13.2 Å². The molecule has 30 heteroatoms. The molecule has 639 valence electrons. The first-order valence-corrected chi connectivity index (χ1v) is 59.2. The molecule has 15 nitrogen and oxygen atoms in total. The molecule has 120 heavy (non-hydrogen) atoms. The molecule has 6 aromatic heterocycles. The molecule has 0 saturated carbocycles. The predicted octanol–water partition coefficient (Wildman–Crippen LogP) is 21.5. The maximum Gasteiger partial charge on any atom is 1.00 e. The van der Waals surface area contributed by atoms with Crippen molar-refractivity contribution < 1.29 is 92.5 Å². The van der Waals surface area contributed by atoms with E-state index in [9.17, 15) is 8.78 Å². The second kappa shape index (κ2) is 48.0. The first kappa shape index (κ1) is 107. The van der Waals surface area contributed by atoms with Crippen LogP contribution in [0.25, 0.3) is 55.1 Å². The minimum absolute atomic E-state index is 0. The summed E-state index contributed by atoms with van der Waals surface area (Å²) in [4.78, 5) is 28.9. The average Bonchev–Trinajstić information content (AvgIpc) is 1.57. The molecule has 1 N–H and O–H groups in total. The smallest absolute Gasteiger partial charge is 0.509 e. The van der Waals surface area contributed by atoms with Crippen LogP contribution >= 0.6 is 42.7 Å². The molecule has 0 aliphatic carbocycles. The van der Waals surface area contributed by atoms with E-state index in [4.69, 9.17) is 45.4 Å². The molecule has 6 aromatic carbocycles. The predicted molar refractivity (Wildman–Crippen MR) is 515 cm³/mol. The molecule has 1 saturated heterocycles. The van der Waals surface area contributed by atoms with E-state index in [1.54, 1.807) is 30.6 Å². The van der Waals surface area contributed by atoms with Crippen LogP contribution in [0.3, 0.4) is 0 Å². The third-order valence-corrected chi connectivity index (χ3v) is 56.4. The van der Waals surface area contributed by atoms with Crippen molar-refractivity contribution in [3.05, 3.63) is 224 Å². The number of nitrogens with zero attached hydrogens (tertiary/aromatic N) is 8. The number of ether oxygens (including phenoxy) is 2. The van der Waals surface area contributed by atoms with Gasteiger partial charge < -0.3 is 54.3 Å². The van der Waals surface area contributed by atoms with Gasteiger partial charge in [-0.05, 0) is 157 Å². The molecule has 1 aliphatic rings. The molecular formula is C90H124BClF2N8Na2O7P4PdSi4-. The number of hydrogen-bond donors (Lipinski definition) is 1. The maximum atomic E-state index is 14.7. The first-order valence-electron chi connectivity index (χ1n) is 40.3. The van der Waals surface area contributed by atoms with Crippen molar-refractivity contribution in [3.8, 4) is 11.3 Å². The molecule has 0 spiro atoms. The van der Waals surface area contributed by atoms with Crippen LogP contribution in [0, 0.1) is 11.6 Å². The zero-order chi connectivity index (χ0) is 84.7. The summed E-state index contributed by atoms with van der Waals surface area (Å²) in [5, 5.41) is 17.3. The summed E-state index contributed by atoms with van der Waals surface area (Å²) >= 11 is 5.99. The number of rotatable bonds is 28. The molecular weight excluding hydrogens is 1780 g/mol. The topological polar surface area (TPSA) is 155 Å². The number of halogens is 3. The van der Waals surface area contributed by atoms with Crippen LogP contribution in [0.5, 0.6) is 0 Å². The Kier molecular flexibility index (Phi) is 42.7. The zero-order valence-electron chi connectivity index (χ0n) is 74.2. The van der Waals surface area contributed by atoms with Gasteiger partial charge in [0.2, 0.25) is 0 Å². The fourth-order valence-corrected chi connectivity index (χ4v) is 48.7. The number of hydrogen-bond acceptors (Lipinski definition) is 11. The van der Waals surface area contributed by atoms with Gasteiger partial charge in [0.15, 0.2) is 16.5 Å². The van der Waals surface area contributed by atoms with Crippen LogP contribution in [-0.4, -0.2) is 143 Å². The Balaban J connectivity index is 0.000000283. The second-order valence-corrected chi connectivity index (χ2v) is 70.1. The Morgan fingerprint density at radius 2 is 0.958 bits per heavy atom. The van der Waals surface area contributed by atoms with E-state index >= 15 is 0 Å². The molecule has 3 atom stereocenters. The fourth-order valence-electron chi connectivity index (χ4n) is 16.4. The van der Waals surface area contributed by atoms with Crippen LogP contribution in [0.4, 0.5) is 8.78 Å². The van der Waals surface area contributed by atoms with Gasteiger partial charge in [0.1, 0.15) is 54.2 Å². The summed E-state index contributed by atoms with van der Waals surface area (Å²) in [6.45, 7) is 53.6. The van der Waals surface area contributed by atoms with Crippen LogP contribution < -0.4 is 56.2 Å². The van der Waals surface area contributed by atoms with Crippen LogP contribution in [0.2, 0.25) is 89.8 Å². The van der Waals surface area contributed by atoms with Crippen molar-refractivity contribution in [2.45, 2.75) is 227 Å². The quantitative estimate of drug-likeness (QED) is 0.00947. The van der Waals surface area contributed by atoms with Crippen LogP contribution in [0.15, 0.2) is 207 Å². The van der Waals surface area contributed by atoms with E-state index < -0.39 is 50.9 Å². The summed E-state index contributed by atoms with van der Waals surface area (Å²) in [6, 6.07) is 60.9. The van der Waals surface area contributed by atoms with Gasteiger partial charge in [0, 0.05) is 131 Å². The van der Waals surface area contributed by atoms with Crippen LogP contribution in [-0.2, 0) is 62.3 Å². The van der Waals surface area contributed by atoms with Gasteiger partial charge in [-0.1, -0.05) is 277 Å². The Morgan fingerprint density at radius 1 is 0.558 bits per heavy atom. The summed E-state index contributed by atoms with van der Waals surface area (Å²) < 4.78 is 62.4. The Bertz CT molecular complexity index is 4990. The van der Waals surface area contributed by atoms with Gasteiger partial charge >= 0.3 is 36.7 Å². The van der Waals surface area contributed by atoms with E-state index in [0.717, 1.165) is 94.6 Å². The minimum atomic E-state index is -2.12. The van der Waals surface area contributed by atoms with Gasteiger partial charge in [-0.3, -0.25) is 0 Å². The van der Waals surface area contributed by atoms with Crippen molar-refractivity contribution in [2.24, 2.45) is 0 Å².